The lowest BCUT2D eigenvalue weighted by atomic mass is 10.1. The van der Waals surface area contributed by atoms with Gasteiger partial charge in [-0.15, -0.1) is 0 Å². The Labute approximate surface area is 178 Å². The van der Waals surface area contributed by atoms with Crippen molar-refractivity contribution < 1.29 is 13.9 Å². The van der Waals surface area contributed by atoms with Crippen molar-refractivity contribution in [2.45, 2.75) is 26.1 Å². The number of rotatable bonds is 5. The van der Waals surface area contributed by atoms with Crippen LogP contribution in [-0.2, 0) is 4.74 Å². The van der Waals surface area contributed by atoms with Crippen molar-refractivity contribution in [3.8, 4) is 16.9 Å². The number of morpholine rings is 1. The first-order valence-corrected chi connectivity index (χ1v) is 10.6. The third kappa shape index (κ3) is 4.71. The molecule has 0 unspecified atom stereocenters. The number of fused-ring (bicyclic) bond motifs is 1. The lowest BCUT2D eigenvalue weighted by molar-refractivity contribution is -0.0699. The summed E-state index contributed by atoms with van der Waals surface area (Å²) in [4.78, 5) is 15.2. The monoisotopic (exact) mass is 457 g/mol. The Hall–Kier alpha value is -2.15. The molecule has 4 rings (SSSR count). The first kappa shape index (κ1) is 20.1. The van der Waals surface area contributed by atoms with Crippen LogP contribution in [0, 0.1) is 0 Å². The van der Waals surface area contributed by atoms with Crippen LogP contribution in [0.15, 0.2) is 62.4 Å². The summed E-state index contributed by atoms with van der Waals surface area (Å²) in [5.41, 5.74) is 1.87. The zero-order valence-corrected chi connectivity index (χ0v) is 18.1. The quantitative estimate of drug-likeness (QED) is 0.555. The smallest absolute Gasteiger partial charge is 0.200 e. The molecule has 0 spiro atoms. The van der Waals surface area contributed by atoms with E-state index in [-0.39, 0.29) is 17.6 Å². The Morgan fingerprint density at radius 2 is 1.83 bits per heavy atom. The average Bonchev–Trinajstić information content (AvgIpc) is 2.68. The summed E-state index contributed by atoms with van der Waals surface area (Å²) >= 11 is 3.41. The molecular formula is C23H24BrNO4. The predicted molar refractivity (Wildman–Crippen MR) is 118 cm³/mol. The van der Waals surface area contributed by atoms with Crippen LogP contribution in [0.25, 0.3) is 22.1 Å². The number of hydrogen-bond donors (Lipinski definition) is 0. The van der Waals surface area contributed by atoms with Gasteiger partial charge in [0.1, 0.15) is 24.2 Å². The first-order chi connectivity index (χ1) is 14.0. The van der Waals surface area contributed by atoms with Crippen LogP contribution in [0.1, 0.15) is 13.8 Å². The van der Waals surface area contributed by atoms with Crippen LogP contribution in [-0.4, -0.2) is 43.3 Å². The van der Waals surface area contributed by atoms with E-state index >= 15 is 0 Å². The molecular weight excluding hydrogens is 434 g/mol. The maximum atomic E-state index is 12.9. The number of benzene rings is 2. The van der Waals surface area contributed by atoms with Crippen LogP contribution in [0.4, 0.5) is 0 Å². The molecule has 6 heteroatoms. The maximum absolute atomic E-state index is 12.9. The molecule has 0 N–H and O–H groups in total. The second kappa shape index (κ2) is 8.69. The van der Waals surface area contributed by atoms with Crippen LogP contribution < -0.4 is 10.2 Å². The normalized spacial score (nSPS) is 20.1. The maximum Gasteiger partial charge on any atom is 0.200 e. The molecule has 0 bridgehead atoms. The number of nitrogens with zero attached hydrogens (tertiary/aromatic N) is 1. The van der Waals surface area contributed by atoms with Crippen molar-refractivity contribution in [2.75, 3.05) is 26.2 Å². The number of ether oxygens (including phenoxy) is 2. The van der Waals surface area contributed by atoms with Gasteiger partial charge in [0.2, 0.25) is 0 Å². The van der Waals surface area contributed by atoms with E-state index in [4.69, 9.17) is 13.9 Å². The van der Waals surface area contributed by atoms with Gasteiger partial charge in [-0.05, 0) is 43.7 Å². The van der Waals surface area contributed by atoms with Gasteiger partial charge in [0, 0.05) is 30.2 Å². The molecule has 0 saturated carbocycles. The molecule has 0 amide bonds. The summed E-state index contributed by atoms with van der Waals surface area (Å²) in [6.07, 6.45) is 2.01. The molecule has 29 heavy (non-hydrogen) atoms. The standard InChI is InChI=1S/C23H24BrNO4/c1-15-12-25(13-16(2)29-15)9-10-27-19-7-8-20-22(11-19)28-14-21(23(20)26)17-3-5-18(24)6-4-17/h3-8,11,14-16H,9-10,12-13H2,1-2H3/t15-,16-/m1/s1. The van der Waals surface area contributed by atoms with Crippen LogP contribution in [0.2, 0.25) is 0 Å². The molecule has 2 atom stereocenters. The summed E-state index contributed by atoms with van der Waals surface area (Å²) in [5.74, 6) is 0.700. The van der Waals surface area contributed by atoms with Gasteiger partial charge in [-0.3, -0.25) is 9.69 Å². The van der Waals surface area contributed by atoms with E-state index in [1.165, 1.54) is 6.26 Å². The highest BCUT2D eigenvalue weighted by Crippen LogP contribution is 2.24. The Balaban J connectivity index is 1.46. The van der Waals surface area contributed by atoms with Gasteiger partial charge in [0.05, 0.1) is 23.2 Å². The Morgan fingerprint density at radius 3 is 2.55 bits per heavy atom. The highest BCUT2D eigenvalue weighted by atomic mass is 79.9. The fourth-order valence-electron chi connectivity index (χ4n) is 3.79. The van der Waals surface area contributed by atoms with E-state index in [1.807, 2.05) is 30.3 Å². The summed E-state index contributed by atoms with van der Waals surface area (Å²) in [6.45, 7) is 7.43. The minimum absolute atomic E-state index is 0.0450. The topological polar surface area (TPSA) is 51.9 Å². The first-order valence-electron chi connectivity index (χ1n) is 9.82. The molecule has 2 heterocycles. The Kier molecular flexibility index (Phi) is 6.04. The molecule has 0 radical (unpaired) electrons. The van der Waals surface area contributed by atoms with E-state index in [0.717, 1.165) is 29.7 Å². The summed E-state index contributed by atoms with van der Waals surface area (Å²) in [5, 5.41) is 0.550. The minimum atomic E-state index is -0.0450. The Morgan fingerprint density at radius 1 is 1.10 bits per heavy atom. The second-order valence-electron chi connectivity index (χ2n) is 7.51. The molecule has 5 nitrogen and oxygen atoms in total. The van der Waals surface area contributed by atoms with Crippen molar-refractivity contribution in [3.63, 3.8) is 0 Å². The lowest BCUT2D eigenvalue weighted by Crippen LogP contribution is -2.46. The largest absolute Gasteiger partial charge is 0.492 e. The van der Waals surface area contributed by atoms with Gasteiger partial charge in [0.15, 0.2) is 5.43 Å². The molecule has 1 saturated heterocycles. The fraction of sp³-hybridized carbons (Fsp3) is 0.348. The van der Waals surface area contributed by atoms with Crippen LogP contribution in [0.3, 0.4) is 0 Å². The van der Waals surface area contributed by atoms with E-state index < -0.39 is 0 Å². The Bertz CT molecular complexity index is 1040. The zero-order chi connectivity index (χ0) is 20.4. The molecule has 2 aromatic carbocycles. The highest BCUT2D eigenvalue weighted by molar-refractivity contribution is 9.10. The van der Waals surface area contributed by atoms with Gasteiger partial charge < -0.3 is 13.9 Å². The van der Waals surface area contributed by atoms with E-state index in [9.17, 15) is 4.79 Å². The summed E-state index contributed by atoms with van der Waals surface area (Å²) in [7, 11) is 0. The van der Waals surface area contributed by atoms with Crippen LogP contribution in [0.5, 0.6) is 5.75 Å². The fourth-order valence-corrected chi connectivity index (χ4v) is 4.05. The van der Waals surface area contributed by atoms with Crippen molar-refractivity contribution in [1.29, 1.82) is 0 Å². The SMILES string of the molecule is C[C@@H]1CN(CCOc2ccc3c(=O)c(-c4ccc(Br)cc4)coc3c2)C[C@@H](C)O1. The zero-order valence-electron chi connectivity index (χ0n) is 16.6. The third-order valence-electron chi connectivity index (χ3n) is 5.07. The summed E-state index contributed by atoms with van der Waals surface area (Å²) < 4.78 is 18.4. The van der Waals surface area contributed by atoms with Crippen molar-refractivity contribution in [1.82, 2.24) is 4.90 Å². The van der Waals surface area contributed by atoms with Gasteiger partial charge in [0.25, 0.3) is 0 Å². The highest BCUT2D eigenvalue weighted by Gasteiger charge is 2.21. The molecule has 1 aromatic heterocycles. The average molecular weight is 458 g/mol. The van der Waals surface area contributed by atoms with Crippen molar-refractivity contribution in [3.05, 3.63) is 63.4 Å². The molecule has 152 valence electrons. The lowest BCUT2D eigenvalue weighted by Gasteiger charge is -2.35. The van der Waals surface area contributed by atoms with Crippen LogP contribution >= 0.6 is 15.9 Å². The number of hydrogen-bond acceptors (Lipinski definition) is 5. The van der Waals surface area contributed by atoms with Gasteiger partial charge in [-0.2, -0.15) is 0 Å². The molecule has 1 aliphatic rings. The van der Waals surface area contributed by atoms with E-state index in [2.05, 4.69) is 34.7 Å². The van der Waals surface area contributed by atoms with Gasteiger partial charge in [-0.1, -0.05) is 28.1 Å². The molecule has 1 fully saturated rings. The molecule has 1 aliphatic heterocycles. The predicted octanol–water partition coefficient (Wildman–Crippen LogP) is 4.71. The minimum Gasteiger partial charge on any atom is -0.492 e. The van der Waals surface area contributed by atoms with E-state index in [1.54, 1.807) is 12.1 Å². The third-order valence-corrected chi connectivity index (χ3v) is 5.60. The second-order valence-corrected chi connectivity index (χ2v) is 8.42. The number of halogens is 1. The van der Waals surface area contributed by atoms with Gasteiger partial charge >= 0.3 is 0 Å². The molecule has 3 aromatic rings. The van der Waals surface area contributed by atoms with Crippen molar-refractivity contribution >= 4 is 26.9 Å². The van der Waals surface area contributed by atoms with Crippen molar-refractivity contribution in [2.24, 2.45) is 0 Å². The van der Waals surface area contributed by atoms with Gasteiger partial charge in [-0.25, -0.2) is 0 Å². The summed E-state index contributed by atoms with van der Waals surface area (Å²) in [6, 6.07) is 13.0. The van der Waals surface area contributed by atoms with E-state index in [0.29, 0.717) is 28.9 Å². The molecule has 0 aliphatic carbocycles.